The van der Waals surface area contributed by atoms with Crippen LogP contribution >= 0.6 is 0 Å². The summed E-state index contributed by atoms with van der Waals surface area (Å²) in [7, 11) is 0. The van der Waals surface area contributed by atoms with Crippen LogP contribution in [0.2, 0.25) is 0 Å². The van der Waals surface area contributed by atoms with E-state index in [1.807, 2.05) is 0 Å². The summed E-state index contributed by atoms with van der Waals surface area (Å²) in [6.07, 6.45) is 3.46. The maximum Gasteiger partial charge on any atom is 0.191 e. The molecule has 2 aliphatic heterocycles. The zero-order valence-corrected chi connectivity index (χ0v) is 19.6. The molecule has 1 aromatic carbocycles. The third kappa shape index (κ3) is 4.76. The number of guanidine groups is 1. The Labute approximate surface area is 187 Å². The van der Waals surface area contributed by atoms with Gasteiger partial charge in [0, 0.05) is 55.3 Å². The minimum Gasteiger partial charge on any atom is -0.381 e. The van der Waals surface area contributed by atoms with Gasteiger partial charge in [0.25, 0.3) is 0 Å². The van der Waals surface area contributed by atoms with Gasteiger partial charge in [0.2, 0.25) is 0 Å². The predicted molar refractivity (Wildman–Crippen MR) is 125 cm³/mol. The van der Waals surface area contributed by atoms with Crippen molar-refractivity contribution in [3.8, 4) is 0 Å². The quantitative estimate of drug-likeness (QED) is 0.460. The fraction of sp³-hybridized carbons (Fsp3) is 0.720. The number of hydrogen-bond acceptors (Lipinski definition) is 4. The molecule has 1 saturated carbocycles. The summed E-state index contributed by atoms with van der Waals surface area (Å²) in [5, 5.41) is 11.2. The molecule has 4 atom stereocenters. The number of fused-ring (bicyclic) bond motifs is 1. The largest absolute Gasteiger partial charge is 0.381 e. The zero-order valence-electron chi connectivity index (χ0n) is 19.6. The van der Waals surface area contributed by atoms with Crippen molar-refractivity contribution in [1.82, 2.24) is 16.0 Å². The number of aliphatic imine (C=N–C) groups is 1. The normalized spacial score (nSPS) is 30.2. The SMILES string of the molecule is CCNC(=NCC1(NC(C)c2ccccc2)CCOCC1)NC1C2CCOC2C1(C)C. The van der Waals surface area contributed by atoms with Crippen LogP contribution in [0.25, 0.3) is 0 Å². The number of ether oxygens (including phenoxy) is 2. The minimum atomic E-state index is -0.0516. The van der Waals surface area contributed by atoms with Gasteiger partial charge < -0.3 is 25.4 Å². The first-order valence-corrected chi connectivity index (χ1v) is 12.0. The highest BCUT2D eigenvalue weighted by atomic mass is 16.5. The molecule has 172 valence electrons. The zero-order chi connectivity index (χ0) is 21.9. The highest BCUT2D eigenvalue weighted by Crippen LogP contribution is 2.52. The van der Waals surface area contributed by atoms with Crippen molar-refractivity contribution in [2.75, 3.05) is 32.9 Å². The monoisotopic (exact) mass is 428 g/mol. The molecule has 4 rings (SSSR count). The van der Waals surface area contributed by atoms with Crippen molar-refractivity contribution in [3.05, 3.63) is 35.9 Å². The van der Waals surface area contributed by atoms with E-state index in [0.717, 1.165) is 58.1 Å². The first-order chi connectivity index (χ1) is 15.0. The molecule has 3 N–H and O–H groups in total. The highest BCUT2D eigenvalue weighted by Gasteiger charge is 2.59. The average Bonchev–Trinajstić information content (AvgIpc) is 3.24. The van der Waals surface area contributed by atoms with E-state index in [0.29, 0.717) is 18.1 Å². The van der Waals surface area contributed by atoms with Crippen molar-refractivity contribution in [2.24, 2.45) is 16.3 Å². The van der Waals surface area contributed by atoms with Gasteiger partial charge in [-0.05, 0) is 38.7 Å². The Bertz CT molecular complexity index is 745. The summed E-state index contributed by atoms with van der Waals surface area (Å²) < 4.78 is 11.7. The number of nitrogens with zero attached hydrogens (tertiary/aromatic N) is 1. The Morgan fingerprint density at radius 2 is 1.90 bits per heavy atom. The molecule has 3 aliphatic rings. The van der Waals surface area contributed by atoms with Crippen LogP contribution in [-0.2, 0) is 9.47 Å². The summed E-state index contributed by atoms with van der Waals surface area (Å²) >= 11 is 0. The van der Waals surface area contributed by atoms with E-state index in [-0.39, 0.29) is 17.0 Å². The van der Waals surface area contributed by atoms with Gasteiger partial charge in [-0.3, -0.25) is 4.99 Å². The molecule has 0 aromatic heterocycles. The van der Waals surface area contributed by atoms with Crippen LogP contribution in [0.4, 0.5) is 0 Å². The second-order valence-electron chi connectivity index (χ2n) is 10.1. The molecule has 31 heavy (non-hydrogen) atoms. The lowest BCUT2D eigenvalue weighted by Crippen LogP contribution is -2.68. The Kier molecular flexibility index (Phi) is 6.89. The van der Waals surface area contributed by atoms with Crippen LogP contribution in [0.5, 0.6) is 0 Å². The first-order valence-electron chi connectivity index (χ1n) is 12.0. The van der Waals surface area contributed by atoms with E-state index in [1.165, 1.54) is 5.56 Å². The topological polar surface area (TPSA) is 66.9 Å². The molecule has 0 bridgehead atoms. The van der Waals surface area contributed by atoms with Crippen LogP contribution in [-0.4, -0.2) is 56.6 Å². The predicted octanol–water partition coefficient (Wildman–Crippen LogP) is 3.26. The number of benzene rings is 1. The number of hydrogen-bond donors (Lipinski definition) is 3. The van der Waals surface area contributed by atoms with Gasteiger partial charge in [0.15, 0.2) is 5.96 Å². The number of rotatable bonds is 7. The summed E-state index contributed by atoms with van der Waals surface area (Å²) in [5.74, 6) is 1.51. The maximum absolute atomic E-state index is 5.97. The van der Waals surface area contributed by atoms with Gasteiger partial charge >= 0.3 is 0 Å². The standard InChI is InChI=1S/C25H40N4O2/c1-5-26-23(28-21-20-11-14-31-22(20)24(21,3)4)27-17-25(12-15-30-16-13-25)29-18(2)19-9-7-6-8-10-19/h6-10,18,20-22,29H,5,11-17H2,1-4H3,(H2,26,27,28). The summed E-state index contributed by atoms with van der Waals surface area (Å²) in [5.41, 5.74) is 1.39. The maximum atomic E-state index is 5.97. The van der Waals surface area contributed by atoms with Gasteiger partial charge in [-0.1, -0.05) is 44.2 Å². The highest BCUT2D eigenvalue weighted by molar-refractivity contribution is 5.80. The van der Waals surface area contributed by atoms with Crippen molar-refractivity contribution in [3.63, 3.8) is 0 Å². The van der Waals surface area contributed by atoms with Crippen molar-refractivity contribution in [2.45, 2.75) is 70.7 Å². The Balaban J connectivity index is 1.47. The third-order valence-corrected chi connectivity index (χ3v) is 7.55. The van der Waals surface area contributed by atoms with E-state index in [4.69, 9.17) is 14.5 Å². The van der Waals surface area contributed by atoms with E-state index in [1.54, 1.807) is 0 Å². The van der Waals surface area contributed by atoms with Crippen LogP contribution in [0.1, 0.15) is 58.6 Å². The summed E-state index contributed by atoms with van der Waals surface area (Å²) in [6, 6.07) is 11.3. The molecule has 0 amide bonds. The molecule has 2 heterocycles. The summed E-state index contributed by atoms with van der Waals surface area (Å²) in [6.45, 7) is 13.0. The lowest BCUT2D eigenvalue weighted by molar-refractivity contribution is -0.106. The van der Waals surface area contributed by atoms with Gasteiger partial charge in [-0.2, -0.15) is 0 Å². The fourth-order valence-electron chi connectivity index (χ4n) is 5.71. The molecule has 0 radical (unpaired) electrons. The smallest absolute Gasteiger partial charge is 0.191 e. The second-order valence-corrected chi connectivity index (χ2v) is 10.1. The molecular weight excluding hydrogens is 388 g/mol. The Morgan fingerprint density at radius 3 is 2.61 bits per heavy atom. The molecule has 4 unspecified atom stereocenters. The van der Waals surface area contributed by atoms with Crippen molar-refractivity contribution in [1.29, 1.82) is 0 Å². The van der Waals surface area contributed by atoms with Gasteiger partial charge in [0.05, 0.1) is 12.6 Å². The molecule has 6 heteroatoms. The lowest BCUT2D eigenvalue weighted by Gasteiger charge is -2.55. The van der Waals surface area contributed by atoms with Crippen LogP contribution < -0.4 is 16.0 Å². The molecule has 0 spiro atoms. The van der Waals surface area contributed by atoms with Crippen LogP contribution in [0, 0.1) is 11.3 Å². The second kappa shape index (κ2) is 9.47. The van der Waals surface area contributed by atoms with Crippen molar-refractivity contribution < 1.29 is 9.47 Å². The third-order valence-electron chi connectivity index (χ3n) is 7.55. The molecule has 2 saturated heterocycles. The van der Waals surface area contributed by atoms with E-state index < -0.39 is 0 Å². The first kappa shape index (κ1) is 22.6. The average molecular weight is 429 g/mol. The number of nitrogens with one attached hydrogen (secondary N) is 3. The molecule has 3 fully saturated rings. The van der Waals surface area contributed by atoms with Gasteiger partial charge in [-0.25, -0.2) is 0 Å². The lowest BCUT2D eigenvalue weighted by atomic mass is 9.57. The van der Waals surface area contributed by atoms with E-state index in [2.05, 4.69) is 74.0 Å². The van der Waals surface area contributed by atoms with Crippen molar-refractivity contribution >= 4 is 5.96 Å². The Morgan fingerprint density at radius 1 is 1.16 bits per heavy atom. The van der Waals surface area contributed by atoms with Crippen LogP contribution in [0.3, 0.4) is 0 Å². The molecule has 1 aromatic rings. The summed E-state index contributed by atoms with van der Waals surface area (Å²) in [4.78, 5) is 5.09. The molecular formula is C25H40N4O2. The molecule has 1 aliphatic carbocycles. The van der Waals surface area contributed by atoms with E-state index >= 15 is 0 Å². The fourth-order valence-corrected chi connectivity index (χ4v) is 5.71. The van der Waals surface area contributed by atoms with Crippen LogP contribution in [0.15, 0.2) is 35.3 Å². The Hall–Kier alpha value is -1.63. The van der Waals surface area contributed by atoms with Gasteiger partial charge in [0.1, 0.15) is 0 Å². The van der Waals surface area contributed by atoms with E-state index in [9.17, 15) is 0 Å². The molecule has 6 nitrogen and oxygen atoms in total. The minimum absolute atomic E-state index is 0.0516. The van der Waals surface area contributed by atoms with Gasteiger partial charge in [-0.15, -0.1) is 0 Å².